The van der Waals surface area contributed by atoms with E-state index in [-0.39, 0.29) is 17.2 Å². The molecule has 3 aromatic rings. The Morgan fingerprint density at radius 2 is 1.75 bits per heavy atom. The Labute approximate surface area is 163 Å². The highest BCUT2D eigenvalue weighted by Gasteiger charge is 2.10. The third-order valence-electron chi connectivity index (χ3n) is 4.62. The number of aromatic nitrogens is 1. The van der Waals surface area contributed by atoms with Crippen LogP contribution in [0, 0.1) is 13.8 Å². The summed E-state index contributed by atoms with van der Waals surface area (Å²) in [4.78, 5) is 36.4. The average molecular weight is 374 g/mol. The fraction of sp³-hybridized carbons (Fsp3) is 0.174. The number of aryl methyl sites for hydroxylation is 2. The third kappa shape index (κ3) is 4.43. The van der Waals surface area contributed by atoms with Gasteiger partial charge in [-0.3, -0.25) is 14.4 Å². The predicted octanol–water partition coefficient (Wildman–Crippen LogP) is 3.97. The van der Waals surface area contributed by atoms with E-state index in [9.17, 15) is 14.4 Å². The number of hydrogen-bond acceptors (Lipinski definition) is 3. The highest BCUT2D eigenvalue weighted by molar-refractivity contribution is 6.04. The smallest absolute Gasteiger partial charge is 0.257 e. The summed E-state index contributed by atoms with van der Waals surface area (Å²) in [7, 11) is 0. The van der Waals surface area contributed by atoms with E-state index in [1.807, 2.05) is 32.0 Å². The number of amides is 1. The second-order valence-electron chi connectivity index (χ2n) is 6.90. The topological polar surface area (TPSA) is 68.2 Å². The van der Waals surface area contributed by atoms with Crippen LogP contribution in [0.25, 0.3) is 0 Å². The van der Waals surface area contributed by atoms with Crippen LogP contribution in [0.5, 0.6) is 0 Å². The number of ketones is 1. The van der Waals surface area contributed by atoms with Gasteiger partial charge in [-0.05, 0) is 50.1 Å². The molecule has 5 heteroatoms. The Balaban J connectivity index is 1.85. The number of hydrogen-bond donors (Lipinski definition) is 1. The van der Waals surface area contributed by atoms with Crippen molar-refractivity contribution in [1.29, 1.82) is 0 Å². The first-order valence-corrected chi connectivity index (χ1v) is 9.02. The fourth-order valence-electron chi connectivity index (χ4n) is 2.96. The van der Waals surface area contributed by atoms with Gasteiger partial charge in [0.2, 0.25) is 0 Å². The van der Waals surface area contributed by atoms with Crippen molar-refractivity contribution in [3.05, 3.63) is 99.0 Å². The van der Waals surface area contributed by atoms with Gasteiger partial charge in [0.05, 0.1) is 12.1 Å². The molecule has 0 saturated heterocycles. The number of Topliss-reactive ketones (excluding diaryl/α,β-unsaturated/α-hetero) is 1. The first kappa shape index (κ1) is 19.3. The molecule has 0 bridgehead atoms. The molecule has 142 valence electrons. The van der Waals surface area contributed by atoms with E-state index in [2.05, 4.69) is 5.32 Å². The number of carbonyl (C=O) groups excluding carboxylic acids is 2. The number of anilines is 1. The van der Waals surface area contributed by atoms with Gasteiger partial charge in [0.15, 0.2) is 5.78 Å². The van der Waals surface area contributed by atoms with E-state index in [4.69, 9.17) is 0 Å². The molecular formula is C23H22N2O3. The Morgan fingerprint density at radius 1 is 0.964 bits per heavy atom. The highest BCUT2D eigenvalue weighted by atomic mass is 16.2. The standard InChI is InChI=1S/C23H22N2O3/c1-15-7-8-16(2)20(11-15)14-25-13-19(9-10-22(25)27)23(28)24-21-6-4-5-18(12-21)17(3)26/h4-13H,14H2,1-3H3,(H,24,28). The van der Waals surface area contributed by atoms with E-state index in [1.165, 1.54) is 23.6 Å². The van der Waals surface area contributed by atoms with E-state index < -0.39 is 0 Å². The van der Waals surface area contributed by atoms with Gasteiger partial charge in [-0.2, -0.15) is 0 Å². The Bertz CT molecular complexity index is 1110. The molecular weight excluding hydrogens is 352 g/mol. The molecule has 0 aliphatic rings. The lowest BCUT2D eigenvalue weighted by atomic mass is 10.1. The number of nitrogens with one attached hydrogen (secondary N) is 1. The molecule has 0 fully saturated rings. The summed E-state index contributed by atoms with van der Waals surface area (Å²) in [5.74, 6) is -0.409. The molecule has 2 aromatic carbocycles. The maximum absolute atomic E-state index is 12.6. The first-order valence-electron chi connectivity index (χ1n) is 9.02. The minimum atomic E-state index is -0.338. The third-order valence-corrected chi connectivity index (χ3v) is 4.62. The normalized spacial score (nSPS) is 10.5. The summed E-state index contributed by atoms with van der Waals surface area (Å²) in [6.45, 7) is 5.88. The van der Waals surface area contributed by atoms with Crippen LogP contribution in [-0.4, -0.2) is 16.3 Å². The molecule has 0 aliphatic carbocycles. The van der Waals surface area contributed by atoms with Gasteiger partial charge in [0.1, 0.15) is 0 Å². The van der Waals surface area contributed by atoms with Gasteiger partial charge in [0.25, 0.3) is 11.5 Å². The molecule has 0 aliphatic heterocycles. The SMILES string of the molecule is CC(=O)c1cccc(NC(=O)c2ccc(=O)n(Cc3cc(C)ccc3C)c2)c1. The summed E-state index contributed by atoms with van der Waals surface area (Å²) in [5.41, 5.74) is 4.51. The van der Waals surface area contributed by atoms with Gasteiger partial charge >= 0.3 is 0 Å². The maximum atomic E-state index is 12.6. The molecule has 3 rings (SSSR count). The predicted molar refractivity (Wildman–Crippen MR) is 110 cm³/mol. The molecule has 0 unspecified atom stereocenters. The zero-order chi connectivity index (χ0) is 20.3. The Morgan fingerprint density at radius 3 is 2.50 bits per heavy atom. The number of pyridine rings is 1. The second kappa shape index (κ2) is 8.05. The molecule has 0 saturated carbocycles. The van der Waals surface area contributed by atoms with Crippen molar-refractivity contribution in [1.82, 2.24) is 4.57 Å². The van der Waals surface area contributed by atoms with Crippen LogP contribution in [-0.2, 0) is 6.54 Å². The van der Waals surface area contributed by atoms with Crippen molar-refractivity contribution >= 4 is 17.4 Å². The van der Waals surface area contributed by atoms with Gasteiger partial charge < -0.3 is 9.88 Å². The molecule has 1 amide bonds. The molecule has 28 heavy (non-hydrogen) atoms. The van der Waals surface area contributed by atoms with Crippen LogP contribution >= 0.6 is 0 Å². The van der Waals surface area contributed by atoms with Crippen molar-refractivity contribution in [3.63, 3.8) is 0 Å². The van der Waals surface area contributed by atoms with E-state index >= 15 is 0 Å². The monoisotopic (exact) mass is 374 g/mol. The van der Waals surface area contributed by atoms with Crippen LogP contribution in [0.15, 0.2) is 65.6 Å². The number of benzene rings is 2. The van der Waals surface area contributed by atoms with Gasteiger partial charge in [-0.25, -0.2) is 0 Å². The molecule has 0 spiro atoms. The lowest BCUT2D eigenvalue weighted by Crippen LogP contribution is -2.23. The number of nitrogens with zero attached hydrogens (tertiary/aromatic N) is 1. The van der Waals surface area contributed by atoms with Gasteiger partial charge in [-0.1, -0.05) is 35.9 Å². The largest absolute Gasteiger partial charge is 0.322 e. The summed E-state index contributed by atoms with van der Waals surface area (Å²) in [5, 5.41) is 2.78. The summed E-state index contributed by atoms with van der Waals surface area (Å²) >= 11 is 0. The average Bonchev–Trinajstić information content (AvgIpc) is 2.66. The lowest BCUT2D eigenvalue weighted by Gasteiger charge is -2.12. The first-order chi connectivity index (χ1) is 13.3. The molecule has 1 N–H and O–H groups in total. The maximum Gasteiger partial charge on any atom is 0.257 e. The highest BCUT2D eigenvalue weighted by Crippen LogP contribution is 2.14. The fourth-order valence-corrected chi connectivity index (χ4v) is 2.96. The molecule has 0 atom stereocenters. The van der Waals surface area contributed by atoms with Crippen molar-refractivity contribution in [2.24, 2.45) is 0 Å². The van der Waals surface area contributed by atoms with Crippen molar-refractivity contribution in [3.8, 4) is 0 Å². The zero-order valence-electron chi connectivity index (χ0n) is 16.2. The van der Waals surface area contributed by atoms with E-state index in [0.717, 1.165) is 16.7 Å². The quantitative estimate of drug-likeness (QED) is 0.687. The number of carbonyl (C=O) groups is 2. The second-order valence-corrected chi connectivity index (χ2v) is 6.90. The van der Waals surface area contributed by atoms with Crippen LogP contribution < -0.4 is 10.9 Å². The Hall–Kier alpha value is -3.47. The van der Waals surface area contributed by atoms with Crippen molar-refractivity contribution in [2.75, 3.05) is 5.32 Å². The minimum absolute atomic E-state index is 0.0711. The molecule has 1 heterocycles. The van der Waals surface area contributed by atoms with E-state index in [1.54, 1.807) is 30.5 Å². The van der Waals surface area contributed by atoms with Crippen LogP contribution in [0.3, 0.4) is 0 Å². The van der Waals surface area contributed by atoms with Crippen LogP contribution in [0.1, 0.15) is 44.3 Å². The van der Waals surface area contributed by atoms with Crippen molar-refractivity contribution < 1.29 is 9.59 Å². The summed E-state index contributed by atoms with van der Waals surface area (Å²) in [6.07, 6.45) is 1.56. The van der Waals surface area contributed by atoms with E-state index in [0.29, 0.717) is 23.4 Å². The zero-order valence-corrected chi connectivity index (χ0v) is 16.2. The molecule has 5 nitrogen and oxygen atoms in total. The van der Waals surface area contributed by atoms with Gasteiger partial charge in [-0.15, -0.1) is 0 Å². The van der Waals surface area contributed by atoms with Crippen molar-refractivity contribution in [2.45, 2.75) is 27.3 Å². The Kier molecular flexibility index (Phi) is 5.54. The summed E-state index contributed by atoms with van der Waals surface area (Å²) in [6, 6.07) is 15.8. The van der Waals surface area contributed by atoms with Crippen LogP contribution in [0.2, 0.25) is 0 Å². The lowest BCUT2D eigenvalue weighted by molar-refractivity contribution is 0.101. The molecule has 0 radical (unpaired) electrons. The molecule has 1 aromatic heterocycles. The number of rotatable bonds is 5. The minimum Gasteiger partial charge on any atom is -0.322 e. The van der Waals surface area contributed by atoms with Gasteiger partial charge in [0, 0.05) is 23.5 Å². The van der Waals surface area contributed by atoms with Crippen LogP contribution in [0.4, 0.5) is 5.69 Å². The summed E-state index contributed by atoms with van der Waals surface area (Å²) < 4.78 is 1.53.